The van der Waals surface area contributed by atoms with Crippen LogP contribution in [0.2, 0.25) is 0 Å². The van der Waals surface area contributed by atoms with Crippen molar-refractivity contribution in [2.75, 3.05) is 7.05 Å². The molecule has 2 heteroatoms. The van der Waals surface area contributed by atoms with Crippen LogP contribution in [0.3, 0.4) is 0 Å². The number of hydrogen-bond donors (Lipinski definition) is 0. The van der Waals surface area contributed by atoms with E-state index in [4.69, 9.17) is 0 Å². The Balaban J connectivity index is 0.000000810. The average Bonchev–Trinajstić information content (AvgIpc) is 1.91. The summed E-state index contributed by atoms with van der Waals surface area (Å²) in [7, 11) is 1.83. The Bertz CT molecular complexity index is 162. The first-order valence-electron chi connectivity index (χ1n) is 3.03. The largest absolute Gasteiger partial charge is 1.00 e. The summed E-state index contributed by atoms with van der Waals surface area (Å²) in [5, 5.41) is 4.01. The van der Waals surface area contributed by atoms with E-state index in [-0.39, 0.29) is 18.9 Å². The van der Waals surface area contributed by atoms with E-state index in [0.29, 0.717) is 0 Å². The molecule has 0 aliphatic carbocycles. The smallest absolute Gasteiger partial charge is 0.661 e. The predicted octanol–water partition coefficient (Wildman–Crippen LogP) is -0.806. The molecule has 0 atom stereocenters. The van der Waals surface area contributed by atoms with Crippen LogP contribution < -0.4 is 18.9 Å². The van der Waals surface area contributed by atoms with Gasteiger partial charge >= 0.3 is 18.9 Å². The molecule has 1 nitrogen and oxygen atoms in total. The maximum absolute atomic E-state index is 4.01. The van der Waals surface area contributed by atoms with Gasteiger partial charge in [-0.2, -0.15) is 7.05 Å². The van der Waals surface area contributed by atoms with Crippen LogP contribution in [0.5, 0.6) is 0 Å². The minimum atomic E-state index is 0. The van der Waals surface area contributed by atoms with E-state index in [1.807, 2.05) is 25.2 Å². The van der Waals surface area contributed by atoms with Crippen molar-refractivity contribution in [1.29, 1.82) is 0 Å². The first-order valence-corrected chi connectivity index (χ1v) is 3.03. The zero-order valence-electron chi connectivity index (χ0n) is 6.54. The summed E-state index contributed by atoms with van der Waals surface area (Å²) in [6.45, 7) is 0.834. The molecule has 10 heavy (non-hydrogen) atoms. The summed E-state index contributed by atoms with van der Waals surface area (Å²) in [5.41, 5.74) is 1.28. The Labute approximate surface area is 74.0 Å². The number of hydrogen-bond acceptors (Lipinski definition) is 0. The first kappa shape index (κ1) is 9.78. The molecule has 0 N–H and O–H groups in total. The molecule has 48 valence electrons. The van der Waals surface area contributed by atoms with Crippen molar-refractivity contribution in [3.8, 4) is 0 Å². The molecule has 0 spiro atoms. The van der Waals surface area contributed by atoms with Gasteiger partial charge in [0.2, 0.25) is 0 Å². The molecule has 0 aromatic heterocycles. The molecule has 0 saturated heterocycles. The summed E-state index contributed by atoms with van der Waals surface area (Å²) in [6.07, 6.45) is 0. The Morgan fingerprint density at radius 3 is 2.30 bits per heavy atom. The third-order valence-corrected chi connectivity index (χ3v) is 1.18. The number of rotatable bonds is 2. The SMILES string of the molecule is C[N-]Cc1ccccc1.[Li+]. The van der Waals surface area contributed by atoms with Crippen LogP contribution in [-0.2, 0) is 6.54 Å². The van der Waals surface area contributed by atoms with Gasteiger partial charge in [0.15, 0.2) is 0 Å². The van der Waals surface area contributed by atoms with Gasteiger partial charge in [-0.05, 0) is 0 Å². The van der Waals surface area contributed by atoms with E-state index < -0.39 is 0 Å². The van der Waals surface area contributed by atoms with Gasteiger partial charge in [-0.3, -0.25) is 0 Å². The fourth-order valence-corrected chi connectivity index (χ4v) is 0.766. The molecule has 0 bridgehead atoms. The predicted molar refractivity (Wildman–Crippen MR) is 39.4 cm³/mol. The van der Waals surface area contributed by atoms with Gasteiger partial charge in [-0.1, -0.05) is 35.9 Å². The molecule has 0 saturated carbocycles. The minimum absolute atomic E-state index is 0. The van der Waals surface area contributed by atoms with Gasteiger partial charge in [-0.25, -0.2) is 0 Å². The molecule has 0 unspecified atom stereocenters. The Morgan fingerprint density at radius 2 is 1.80 bits per heavy atom. The summed E-state index contributed by atoms with van der Waals surface area (Å²) >= 11 is 0. The normalized spacial score (nSPS) is 8.50. The fraction of sp³-hybridized carbons (Fsp3) is 0.250. The van der Waals surface area contributed by atoms with Gasteiger partial charge < -0.3 is 5.32 Å². The van der Waals surface area contributed by atoms with Gasteiger partial charge in [0.05, 0.1) is 0 Å². The number of nitrogens with zero attached hydrogens (tertiary/aromatic N) is 1. The molecule has 1 aromatic rings. The topological polar surface area (TPSA) is 14.1 Å². The summed E-state index contributed by atoms with van der Waals surface area (Å²) in [4.78, 5) is 0. The molecule has 0 heterocycles. The second kappa shape index (κ2) is 5.55. The van der Waals surface area contributed by atoms with Crippen molar-refractivity contribution < 1.29 is 18.9 Å². The maximum atomic E-state index is 4.01. The monoisotopic (exact) mass is 127 g/mol. The molecule has 0 amide bonds. The second-order valence-electron chi connectivity index (χ2n) is 1.96. The Hall–Kier alpha value is -0.223. The van der Waals surface area contributed by atoms with Crippen molar-refractivity contribution in [2.24, 2.45) is 0 Å². The number of benzene rings is 1. The van der Waals surface area contributed by atoms with Crippen molar-refractivity contribution in [3.05, 3.63) is 41.2 Å². The second-order valence-corrected chi connectivity index (χ2v) is 1.96. The zero-order chi connectivity index (χ0) is 6.53. The molecule has 0 aliphatic heterocycles. The van der Waals surface area contributed by atoms with Crippen molar-refractivity contribution in [1.82, 2.24) is 0 Å². The molecule has 1 aromatic carbocycles. The van der Waals surface area contributed by atoms with Crippen LogP contribution in [0.15, 0.2) is 30.3 Å². The van der Waals surface area contributed by atoms with E-state index in [1.54, 1.807) is 0 Å². The molecular weight excluding hydrogens is 117 g/mol. The van der Waals surface area contributed by atoms with Crippen molar-refractivity contribution >= 4 is 0 Å². The van der Waals surface area contributed by atoms with Gasteiger partial charge in [0.25, 0.3) is 0 Å². The van der Waals surface area contributed by atoms with Crippen LogP contribution in [0.1, 0.15) is 5.56 Å². The van der Waals surface area contributed by atoms with E-state index in [1.165, 1.54) is 5.56 Å². The van der Waals surface area contributed by atoms with Crippen LogP contribution >= 0.6 is 0 Å². The van der Waals surface area contributed by atoms with Crippen LogP contribution in [0, 0.1) is 0 Å². The van der Waals surface area contributed by atoms with E-state index in [9.17, 15) is 0 Å². The Kier molecular flexibility index (Phi) is 5.43. The molecule has 0 aliphatic rings. The quantitative estimate of drug-likeness (QED) is 0.461. The molecular formula is C8H10LiN. The summed E-state index contributed by atoms with van der Waals surface area (Å²) in [6, 6.07) is 10.2. The van der Waals surface area contributed by atoms with E-state index in [2.05, 4.69) is 17.4 Å². The van der Waals surface area contributed by atoms with Crippen LogP contribution in [0.25, 0.3) is 5.32 Å². The minimum Gasteiger partial charge on any atom is -0.661 e. The molecule has 1 rings (SSSR count). The van der Waals surface area contributed by atoms with Gasteiger partial charge in [0, 0.05) is 0 Å². The third-order valence-electron chi connectivity index (χ3n) is 1.18. The van der Waals surface area contributed by atoms with Crippen molar-refractivity contribution in [3.63, 3.8) is 0 Å². The standard InChI is InChI=1S/C8H10N.Li/c1-9-7-8-5-3-2-4-6-8;/h2-6H,7H2,1H3;/q-1;+1. The molecule has 0 fully saturated rings. The zero-order valence-corrected chi connectivity index (χ0v) is 6.54. The van der Waals surface area contributed by atoms with Gasteiger partial charge in [0.1, 0.15) is 0 Å². The average molecular weight is 127 g/mol. The summed E-state index contributed by atoms with van der Waals surface area (Å²) in [5.74, 6) is 0. The van der Waals surface area contributed by atoms with E-state index >= 15 is 0 Å². The summed E-state index contributed by atoms with van der Waals surface area (Å²) < 4.78 is 0. The maximum Gasteiger partial charge on any atom is 1.00 e. The van der Waals surface area contributed by atoms with Crippen LogP contribution in [-0.4, -0.2) is 7.05 Å². The van der Waals surface area contributed by atoms with Gasteiger partial charge in [-0.15, -0.1) is 6.54 Å². The van der Waals surface area contributed by atoms with E-state index in [0.717, 1.165) is 6.54 Å². The van der Waals surface area contributed by atoms with Crippen molar-refractivity contribution in [2.45, 2.75) is 6.54 Å². The Morgan fingerprint density at radius 1 is 1.20 bits per heavy atom. The first-order chi connectivity index (χ1) is 4.43. The fourth-order valence-electron chi connectivity index (χ4n) is 0.766. The third kappa shape index (κ3) is 3.08. The molecule has 0 radical (unpaired) electrons. The van der Waals surface area contributed by atoms with Crippen LogP contribution in [0.4, 0.5) is 0 Å².